The Morgan fingerprint density at radius 1 is 1.29 bits per heavy atom. The van der Waals surface area contributed by atoms with E-state index < -0.39 is 0 Å². The van der Waals surface area contributed by atoms with Crippen LogP contribution in [0.25, 0.3) is 0 Å². The highest BCUT2D eigenvalue weighted by molar-refractivity contribution is 7.99. The lowest BCUT2D eigenvalue weighted by molar-refractivity contribution is 0.371. The summed E-state index contributed by atoms with van der Waals surface area (Å²) in [4.78, 5) is 1.37. The lowest BCUT2D eigenvalue weighted by Crippen LogP contribution is -2.43. The molecule has 0 aliphatic rings. The molecule has 0 amide bonds. The van der Waals surface area contributed by atoms with Crippen LogP contribution in [0.3, 0.4) is 0 Å². The monoisotopic (exact) mass is 304 g/mol. The lowest BCUT2D eigenvalue weighted by atomic mass is 9.92. The van der Waals surface area contributed by atoms with Gasteiger partial charge >= 0.3 is 0 Å². The highest BCUT2D eigenvalue weighted by Crippen LogP contribution is 2.26. The van der Waals surface area contributed by atoms with Crippen LogP contribution in [-0.2, 0) is 0 Å². The van der Waals surface area contributed by atoms with Gasteiger partial charge in [0.05, 0.1) is 6.07 Å². The van der Waals surface area contributed by atoms with Crippen LogP contribution in [0, 0.1) is 25.2 Å². The molecule has 0 fully saturated rings. The summed E-state index contributed by atoms with van der Waals surface area (Å²) in [6, 6.07) is 9.10. The summed E-state index contributed by atoms with van der Waals surface area (Å²) in [6.07, 6.45) is 3.94. The normalized spacial score (nSPS) is 13.7. The maximum atomic E-state index is 9.48. The number of thioether (sulfide) groups is 1. The third-order valence-corrected chi connectivity index (χ3v) is 5.12. The number of benzene rings is 1. The van der Waals surface area contributed by atoms with Crippen molar-refractivity contribution in [2.45, 2.75) is 63.8 Å². The molecule has 0 saturated carbocycles. The van der Waals surface area contributed by atoms with Gasteiger partial charge in [0.25, 0.3) is 0 Å². The maximum Gasteiger partial charge on any atom is 0.106 e. The lowest BCUT2D eigenvalue weighted by Gasteiger charge is -2.26. The number of hydrogen-bond acceptors (Lipinski definition) is 3. The quantitative estimate of drug-likeness (QED) is 0.523. The summed E-state index contributed by atoms with van der Waals surface area (Å²) in [5.41, 5.74) is 2.32. The second-order valence-corrected chi connectivity index (χ2v) is 6.83. The van der Waals surface area contributed by atoms with Crippen LogP contribution in [0.2, 0.25) is 0 Å². The number of nitriles is 1. The van der Waals surface area contributed by atoms with Crippen molar-refractivity contribution in [3.8, 4) is 6.07 Å². The van der Waals surface area contributed by atoms with E-state index in [0.717, 1.165) is 38.0 Å². The van der Waals surface area contributed by atoms with Gasteiger partial charge in [-0.2, -0.15) is 5.26 Å². The van der Waals surface area contributed by atoms with E-state index >= 15 is 0 Å². The first-order valence-electron chi connectivity index (χ1n) is 7.93. The SMILES string of the molecule is CCCNC(C#N)(CC)CCCSc1cc(C)ccc1C. The third kappa shape index (κ3) is 5.73. The molecule has 1 N–H and O–H groups in total. The van der Waals surface area contributed by atoms with E-state index in [2.05, 4.69) is 57.3 Å². The minimum absolute atomic E-state index is 0.335. The van der Waals surface area contributed by atoms with Gasteiger partial charge in [-0.05, 0) is 63.5 Å². The number of aryl methyl sites for hydroxylation is 2. The second-order valence-electron chi connectivity index (χ2n) is 5.70. The Bertz CT molecular complexity index is 479. The van der Waals surface area contributed by atoms with E-state index in [1.54, 1.807) is 0 Å². The number of nitrogens with zero attached hydrogens (tertiary/aromatic N) is 1. The van der Waals surface area contributed by atoms with Crippen LogP contribution < -0.4 is 5.32 Å². The van der Waals surface area contributed by atoms with Gasteiger partial charge in [-0.15, -0.1) is 11.8 Å². The zero-order chi connectivity index (χ0) is 15.7. The predicted molar refractivity (Wildman–Crippen MR) is 92.8 cm³/mol. The molecule has 116 valence electrons. The van der Waals surface area contributed by atoms with Crippen molar-refractivity contribution in [2.75, 3.05) is 12.3 Å². The first-order valence-corrected chi connectivity index (χ1v) is 8.91. The molecule has 0 saturated heterocycles. The molecule has 0 spiro atoms. The highest BCUT2D eigenvalue weighted by Gasteiger charge is 2.26. The fraction of sp³-hybridized carbons (Fsp3) is 0.611. The summed E-state index contributed by atoms with van der Waals surface area (Å²) in [5, 5.41) is 12.9. The fourth-order valence-electron chi connectivity index (χ4n) is 2.35. The molecule has 0 aromatic heterocycles. The van der Waals surface area contributed by atoms with Crippen LogP contribution in [-0.4, -0.2) is 17.8 Å². The van der Waals surface area contributed by atoms with Gasteiger partial charge in [-0.1, -0.05) is 31.5 Å². The van der Waals surface area contributed by atoms with Gasteiger partial charge < -0.3 is 0 Å². The molecule has 0 aliphatic carbocycles. The Morgan fingerprint density at radius 3 is 2.67 bits per heavy atom. The highest BCUT2D eigenvalue weighted by atomic mass is 32.2. The second kappa shape index (κ2) is 9.12. The summed E-state index contributed by atoms with van der Waals surface area (Å²) in [6.45, 7) is 9.46. The van der Waals surface area contributed by atoms with Crippen LogP contribution in [0.4, 0.5) is 0 Å². The van der Waals surface area contributed by atoms with Crippen molar-refractivity contribution in [3.63, 3.8) is 0 Å². The molecule has 0 aliphatic heterocycles. The van der Waals surface area contributed by atoms with Crippen molar-refractivity contribution in [1.82, 2.24) is 5.32 Å². The van der Waals surface area contributed by atoms with Gasteiger partial charge in [0.15, 0.2) is 0 Å². The largest absolute Gasteiger partial charge is 0.299 e. The first kappa shape index (κ1) is 18.1. The summed E-state index contributed by atoms with van der Waals surface area (Å²) < 4.78 is 0. The molecule has 21 heavy (non-hydrogen) atoms. The van der Waals surface area contributed by atoms with Crippen molar-refractivity contribution in [3.05, 3.63) is 29.3 Å². The Morgan fingerprint density at radius 2 is 2.05 bits per heavy atom. The minimum Gasteiger partial charge on any atom is -0.299 e. The maximum absolute atomic E-state index is 9.48. The first-order chi connectivity index (χ1) is 10.1. The zero-order valence-electron chi connectivity index (χ0n) is 13.8. The number of hydrogen-bond donors (Lipinski definition) is 1. The van der Waals surface area contributed by atoms with Crippen LogP contribution in [0.15, 0.2) is 23.1 Å². The van der Waals surface area contributed by atoms with E-state index in [9.17, 15) is 5.26 Å². The Hall–Kier alpha value is -0.980. The van der Waals surface area contributed by atoms with Gasteiger partial charge in [-0.25, -0.2) is 0 Å². The zero-order valence-corrected chi connectivity index (χ0v) is 14.6. The topological polar surface area (TPSA) is 35.8 Å². The molecular formula is C18H28N2S. The summed E-state index contributed by atoms with van der Waals surface area (Å²) in [7, 11) is 0. The van der Waals surface area contributed by atoms with Crippen molar-refractivity contribution < 1.29 is 0 Å². The van der Waals surface area contributed by atoms with Crippen molar-refractivity contribution in [1.29, 1.82) is 5.26 Å². The van der Waals surface area contributed by atoms with Crippen LogP contribution in [0.5, 0.6) is 0 Å². The van der Waals surface area contributed by atoms with Crippen LogP contribution >= 0.6 is 11.8 Å². The molecule has 2 nitrogen and oxygen atoms in total. The molecule has 0 bridgehead atoms. The van der Waals surface area contributed by atoms with Gasteiger partial charge in [0, 0.05) is 4.90 Å². The average Bonchev–Trinajstić information content (AvgIpc) is 2.50. The van der Waals surface area contributed by atoms with E-state index in [1.165, 1.54) is 16.0 Å². The van der Waals surface area contributed by atoms with E-state index in [-0.39, 0.29) is 5.54 Å². The van der Waals surface area contributed by atoms with Gasteiger partial charge in [0.2, 0.25) is 0 Å². The number of nitrogens with one attached hydrogen (secondary N) is 1. The molecule has 1 aromatic rings. The van der Waals surface area contributed by atoms with E-state index in [0.29, 0.717) is 0 Å². The van der Waals surface area contributed by atoms with E-state index in [4.69, 9.17) is 0 Å². The average molecular weight is 305 g/mol. The minimum atomic E-state index is -0.335. The Labute approximate surface area is 134 Å². The van der Waals surface area contributed by atoms with Crippen molar-refractivity contribution in [2.24, 2.45) is 0 Å². The molecule has 1 unspecified atom stereocenters. The smallest absolute Gasteiger partial charge is 0.106 e. The molecule has 0 radical (unpaired) electrons. The van der Waals surface area contributed by atoms with Crippen LogP contribution in [0.1, 0.15) is 50.7 Å². The summed E-state index contributed by atoms with van der Waals surface area (Å²) in [5.74, 6) is 1.07. The standard InChI is InChI=1S/C18H28N2S/c1-5-11-20-18(6-2,14-19)10-7-12-21-17-13-15(3)8-9-16(17)4/h8-9,13,20H,5-7,10-12H2,1-4H3. The molecule has 1 rings (SSSR count). The fourth-order valence-corrected chi connectivity index (χ4v) is 3.42. The molecule has 3 heteroatoms. The van der Waals surface area contributed by atoms with Gasteiger partial charge in [0.1, 0.15) is 5.54 Å². The van der Waals surface area contributed by atoms with Gasteiger partial charge in [-0.3, -0.25) is 5.32 Å². The predicted octanol–water partition coefficient (Wildman–Crippen LogP) is 4.85. The summed E-state index contributed by atoms with van der Waals surface area (Å²) >= 11 is 1.91. The third-order valence-electron chi connectivity index (χ3n) is 3.88. The molecule has 0 heterocycles. The number of rotatable bonds is 9. The molecule has 1 aromatic carbocycles. The Balaban J connectivity index is 2.48. The molecule has 1 atom stereocenters. The Kier molecular flexibility index (Phi) is 7.85. The molecular weight excluding hydrogens is 276 g/mol. The van der Waals surface area contributed by atoms with E-state index in [1.807, 2.05) is 11.8 Å². The van der Waals surface area contributed by atoms with Crippen molar-refractivity contribution >= 4 is 11.8 Å².